The van der Waals surface area contributed by atoms with Gasteiger partial charge in [0.25, 0.3) is 0 Å². The molecule has 4 rings (SSSR count). The standard InChI is InChI=1S/C20H19BrN6/c1-14-8-17(21)13-23-18(14)5-3-7-27-20-19(25-26-27)10-16(12-24-20)9-15-4-2-6-22-11-15/h2,4,6,8,10-13H,3,5,7,9H2,1H3. The quantitative estimate of drug-likeness (QED) is 0.470. The van der Waals surface area contributed by atoms with E-state index < -0.39 is 0 Å². The smallest absolute Gasteiger partial charge is 0.178 e. The molecule has 0 spiro atoms. The number of aromatic nitrogens is 6. The fourth-order valence-electron chi connectivity index (χ4n) is 3.12. The second kappa shape index (κ2) is 7.92. The summed E-state index contributed by atoms with van der Waals surface area (Å²) in [7, 11) is 0. The topological polar surface area (TPSA) is 69.4 Å². The van der Waals surface area contributed by atoms with Gasteiger partial charge in [0.15, 0.2) is 5.65 Å². The first-order chi connectivity index (χ1) is 13.2. The highest BCUT2D eigenvalue weighted by atomic mass is 79.9. The molecular weight excluding hydrogens is 404 g/mol. The van der Waals surface area contributed by atoms with Crippen LogP contribution >= 0.6 is 15.9 Å². The minimum absolute atomic E-state index is 0.767. The number of aryl methyl sites for hydroxylation is 3. The van der Waals surface area contributed by atoms with E-state index >= 15 is 0 Å². The summed E-state index contributed by atoms with van der Waals surface area (Å²) in [4.78, 5) is 13.2. The normalized spacial score (nSPS) is 11.2. The van der Waals surface area contributed by atoms with Gasteiger partial charge in [-0.05, 0) is 70.6 Å². The molecule has 0 aromatic carbocycles. The van der Waals surface area contributed by atoms with Crippen molar-refractivity contribution in [2.24, 2.45) is 0 Å². The lowest BCUT2D eigenvalue weighted by Gasteiger charge is -2.06. The molecule has 0 amide bonds. The monoisotopic (exact) mass is 422 g/mol. The number of pyridine rings is 3. The molecule has 27 heavy (non-hydrogen) atoms. The molecule has 6 nitrogen and oxygen atoms in total. The molecule has 0 aliphatic heterocycles. The fourth-order valence-corrected chi connectivity index (χ4v) is 3.56. The number of nitrogens with zero attached hydrogens (tertiary/aromatic N) is 6. The van der Waals surface area contributed by atoms with Crippen LogP contribution in [-0.4, -0.2) is 29.9 Å². The van der Waals surface area contributed by atoms with Gasteiger partial charge in [-0.25, -0.2) is 9.67 Å². The van der Waals surface area contributed by atoms with Gasteiger partial charge in [-0.1, -0.05) is 11.3 Å². The third-order valence-corrected chi connectivity index (χ3v) is 4.91. The van der Waals surface area contributed by atoms with Crippen LogP contribution in [0.25, 0.3) is 11.2 Å². The average molecular weight is 423 g/mol. The first-order valence-corrected chi connectivity index (χ1v) is 9.66. The molecular formula is C20H19BrN6. The maximum absolute atomic E-state index is 4.59. The summed E-state index contributed by atoms with van der Waals surface area (Å²) < 4.78 is 2.88. The molecule has 0 atom stereocenters. The zero-order chi connectivity index (χ0) is 18.6. The van der Waals surface area contributed by atoms with Crippen LogP contribution in [0.5, 0.6) is 0 Å². The zero-order valence-corrected chi connectivity index (χ0v) is 16.6. The molecule has 0 aliphatic carbocycles. The second-order valence-corrected chi connectivity index (χ2v) is 7.47. The number of hydrogen-bond acceptors (Lipinski definition) is 5. The Morgan fingerprint density at radius 1 is 1.07 bits per heavy atom. The summed E-state index contributed by atoms with van der Waals surface area (Å²) >= 11 is 3.45. The fraction of sp³-hybridized carbons (Fsp3) is 0.250. The Balaban J connectivity index is 1.43. The molecule has 0 unspecified atom stereocenters. The molecule has 0 bridgehead atoms. The van der Waals surface area contributed by atoms with Crippen LogP contribution in [0.4, 0.5) is 0 Å². The molecule has 0 radical (unpaired) electrons. The third-order valence-electron chi connectivity index (χ3n) is 4.48. The van der Waals surface area contributed by atoms with Crippen LogP contribution in [0.3, 0.4) is 0 Å². The summed E-state index contributed by atoms with van der Waals surface area (Å²) in [6.45, 7) is 2.85. The summed E-state index contributed by atoms with van der Waals surface area (Å²) in [5.74, 6) is 0. The lowest BCUT2D eigenvalue weighted by atomic mass is 10.1. The van der Waals surface area contributed by atoms with Crippen LogP contribution in [0.1, 0.15) is 28.8 Å². The van der Waals surface area contributed by atoms with Crippen molar-refractivity contribution in [3.63, 3.8) is 0 Å². The highest BCUT2D eigenvalue weighted by Crippen LogP contribution is 2.16. The first kappa shape index (κ1) is 17.7. The van der Waals surface area contributed by atoms with Gasteiger partial charge in [0, 0.05) is 47.9 Å². The van der Waals surface area contributed by atoms with Crippen molar-refractivity contribution in [2.45, 2.75) is 32.7 Å². The Morgan fingerprint density at radius 3 is 2.81 bits per heavy atom. The highest BCUT2D eigenvalue weighted by Gasteiger charge is 2.08. The van der Waals surface area contributed by atoms with Crippen LogP contribution in [0, 0.1) is 6.92 Å². The van der Waals surface area contributed by atoms with Crippen molar-refractivity contribution in [2.75, 3.05) is 0 Å². The van der Waals surface area contributed by atoms with Gasteiger partial charge in [-0.2, -0.15) is 0 Å². The average Bonchev–Trinajstić information content (AvgIpc) is 3.07. The van der Waals surface area contributed by atoms with Crippen LogP contribution in [0.15, 0.2) is 53.5 Å². The van der Waals surface area contributed by atoms with Crippen LogP contribution < -0.4 is 0 Å². The van der Waals surface area contributed by atoms with Gasteiger partial charge < -0.3 is 0 Å². The van der Waals surface area contributed by atoms with E-state index in [4.69, 9.17) is 0 Å². The van der Waals surface area contributed by atoms with Crippen molar-refractivity contribution >= 4 is 27.1 Å². The Hall–Kier alpha value is -2.67. The largest absolute Gasteiger partial charge is 0.264 e. The number of fused-ring (bicyclic) bond motifs is 1. The van der Waals surface area contributed by atoms with Crippen molar-refractivity contribution in [3.8, 4) is 0 Å². The SMILES string of the molecule is Cc1cc(Br)cnc1CCCn1nnc2cc(Cc3cccnc3)cnc21. The molecule has 0 fully saturated rings. The lowest BCUT2D eigenvalue weighted by molar-refractivity contribution is 0.566. The molecule has 7 heteroatoms. The predicted molar refractivity (Wildman–Crippen MR) is 107 cm³/mol. The molecule has 0 aliphatic rings. The van der Waals surface area contributed by atoms with E-state index in [2.05, 4.69) is 66.3 Å². The van der Waals surface area contributed by atoms with E-state index in [-0.39, 0.29) is 0 Å². The van der Waals surface area contributed by atoms with Gasteiger partial charge in [0.05, 0.1) is 0 Å². The third kappa shape index (κ3) is 4.19. The number of rotatable bonds is 6. The van der Waals surface area contributed by atoms with E-state index in [0.29, 0.717) is 0 Å². The van der Waals surface area contributed by atoms with Crippen LogP contribution in [-0.2, 0) is 19.4 Å². The molecule has 0 saturated carbocycles. The van der Waals surface area contributed by atoms with E-state index in [1.54, 1.807) is 6.20 Å². The molecule has 4 heterocycles. The number of hydrogen-bond donors (Lipinski definition) is 0. The summed E-state index contributed by atoms with van der Waals surface area (Å²) in [5.41, 5.74) is 6.24. The van der Waals surface area contributed by atoms with Crippen LogP contribution in [0.2, 0.25) is 0 Å². The first-order valence-electron chi connectivity index (χ1n) is 8.87. The highest BCUT2D eigenvalue weighted by molar-refractivity contribution is 9.10. The van der Waals surface area contributed by atoms with Gasteiger partial charge in [-0.3, -0.25) is 9.97 Å². The minimum atomic E-state index is 0.767. The van der Waals surface area contributed by atoms with Crippen molar-refractivity contribution in [1.29, 1.82) is 0 Å². The summed E-state index contributed by atoms with van der Waals surface area (Å²) in [5, 5.41) is 8.56. The Bertz CT molecular complexity index is 1060. The molecule has 4 aromatic rings. The zero-order valence-electron chi connectivity index (χ0n) is 15.0. The molecule has 0 N–H and O–H groups in total. The maximum Gasteiger partial charge on any atom is 0.178 e. The lowest BCUT2D eigenvalue weighted by Crippen LogP contribution is -2.04. The van der Waals surface area contributed by atoms with Crippen molar-refractivity contribution < 1.29 is 0 Å². The summed E-state index contributed by atoms with van der Waals surface area (Å²) in [6, 6.07) is 8.16. The minimum Gasteiger partial charge on any atom is -0.264 e. The molecule has 136 valence electrons. The number of halogens is 1. The Labute approximate surface area is 165 Å². The molecule has 0 saturated heterocycles. The second-order valence-electron chi connectivity index (χ2n) is 6.56. The van der Waals surface area contributed by atoms with Crippen molar-refractivity contribution in [1.82, 2.24) is 29.9 Å². The van der Waals surface area contributed by atoms with Gasteiger partial charge in [0.2, 0.25) is 0 Å². The predicted octanol–water partition coefficient (Wildman–Crippen LogP) is 3.91. The van der Waals surface area contributed by atoms with Gasteiger partial charge in [0.1, 0.15) is 5.52 Å². The van der Waals surface area contributed by atoms with Crippen molar-refractivity contribution in [3.05, 3.63) is 75.9 Å². The molecule has 4 aromatic heterocycles. The van der Waals surface area contributed by atoms with E-state index in [9.17, 15) is 0 Å². The summed E-state index contributed by atoms with van der Waals surface area (Å²) in [6.07, 6.45) is 10.0. The van der Waals surface area contributed by atoms with Gasteiger partial charge >= 0.3 is 0 Å². The Morgan fingerprint density at radius 2 is 2.00 bits per heavy atom. The maximum atomic E-state index is 4.59. The van der Waals surface area contributed by atoms with E-state index in [1.807, 2.05) is 29.3 Å². The van der Waals surface area contributed by atoms with Gasteiger partial charge in [-0.15, -0.1) is 5.10 Å². The van der Waals surface area contributed by atoms with E-state index in [1.165, 1.54) is 5.56 Å². The Kier molecular flexibility index (Phi) is 5.20. The van der Waals surface area contributed by atoms with E-state index in [0.717, 1.165) is 58.3 Å².